The highest BCUT2D eigenvalue weighted by molar-refractivity contribution is 5.93. The summed E-state index contributed by atoms with van der Waals surface area (Å²) in [5.74, 6) is -0.0828. The molecular weight excluding hydrogens is 152 g/mol. The molecule has 3 heteroatoms. The van der Waals surface area contributed by atoms with E-state index < -0.39 is 0 Å². The van der Waals surface area contributed by atoms with Gasteiger partial charge in [-0.1, -0.05) is 18.2 Å². The summed E-state index contributed by atoms with van der Waals surface area (Å²) in [6, 6.07) is 9.11. The third kappa shape index (κ3) is 2.36. The molecule has 0 fully saturated rings. The second-order valence-corrected chi connectivity index (χ2v) is 2.70. The van der Waals surface area contributed by atoms with Gasteiger partial charge in [-0.15, -0.1) is 0 Å². The van der Waals surface area contributed by atoms with E-state index in [1.807, 2.05) is 18.2 Å². The summed E-state index contributed by atoms with van der Waals surface area (Å²) in [6.07, 6.45) is 0. The van der Waals surface area contributed by atoms with E-state index in [-0.39, 0.29) is 5.91 Å². The maximum absolute atomic E-state index is 11.3. The van der Waals surface area contributed by atoms with Gasteiger partial charge in [0.25, 0.3) is 5.91 Å². The number of carbonyl (C=O) groups is 1. The number of nitrogens with one attached hydrogen (secondary N) is 1. The molecule has 64 valence electrons. The smallest absolute Gasteiger partial charge is 0.265 e. The van der Waals surface area contributed by atoms with Gasteiger partial charge in [0.15, 0.2) is 0 Å². The van der Waals surface area contributed by atoms with Crippen molar-refractivity contribution in [1.29, 1.82) is 0 Å². The Morgan fingerprint density at radius 2 is 1.83 bits per heavy atom. The minimum atomic E-state index is -0.0828. The highest BCUT2D eigenvalue weighted by Crippen LogP contribution is 1.97. The highest BCUT2D eigenvalue weighted by Gasteiger charge is 2.03. The minimum Gasteiger partial charge on any atom is -0.285 e. The second-order valence-electron chi connectivity index (χ2n) is 2.70. The molecule has 1 aromatic carbocycles. The van der Waals surface area contributed by atoms with Crippen molar-refractivity contribution < 1.29 is 4.79 Å². The Morgan fingerprint density at radius 1 is 1.25 bits per heavy atom. The van der Waals surface area contributed by atoms with E-state index in [1.54, 1.807) is 31.2 Å². The van der Waals surface area contributed by atoms with E-state index in [4.69, 9.17) is 0 Å². The molecular formula is C9H12N2O. The van der Waals surface area contributed by atoms with E-state index >= 15 is 0 Å². The van der Waals surface area contributed by atoms with Crippen molar-refractivity contribution in [2.24, 2.45) is 0 Å². The van der Waals surface area contributed by atoms with Crippen molar-refractivity contribution in [3.63, 3.8) is 0 Å². The fourth-order valence-corrected chi connectivity index (χ4v) is 0.857. The van der Waals surface area contributed by atoms with Crippen molar-refractivity contribution in [1.82, 2.24) is 10.4 Å². The van der Waals surface area contributed by atoms with E-state index in [9.17, 15) is 4.79 Å². The first-order chi connectivity index (χ1) is 5.70. The maximum Gasteiger partial charge on any atom is 0.265 e. The fraction of sp³-hybridized carbons (Fsp3) is 0.222. The van der Waals surface area contributed by atoms with Crippen LogP contribution in [-0.4, -0.2) is 25.0 Å². The first kappa shape index (κ1) is 8.74. The number of rotatable bonds is 2. The average Bonchev–Trinajstić information content (AvgIpc) is 2.05. The molecule has 3 nitrogen and oxygen atoms in total. The Labute approximate surface area is 72.0 Å². The molecule has 0 heterocycles. The zero-order chi connectivity index (χ0) is 8.97. The van der Waals surface area contributed by atoms with Crippen molar-refractivity contribution in [2.45, 2.75) is 0 Å². The zero-order valence-corrected chi connectivity index (χ0v) is 7.24. The minimum absolute atomic E-state index is 0.0828. The van der Waals surface area contributed by atoms with Gasteiger partial charge >= 0.3 is 0 Å². The van der Waals surface area contributed by atoms with Crippen LogP contribution in [0.25, 0.3) is 0 Å². The van der Waals surface area contributed by atoms with Crippen LogP contribution in [0.1, 0.15) is 10.4 Å². The topological polar surface area (TPSA) is 32.3 Å². The van der Waals surface area contributed by atoms with Crippen LogP contribution in [0.3, 0.4) is 0 Å². The van der Waals surface area contributed by atoms with E-state index in [0.29, 0.717) is 5.56 Å². The molecule has 1 aromatic rings. The van der Waals surface area contributed by atoms with E-state index in [2.05, 4.69) is 5.43 Å². The Bertz CT molecular complexity index is 256. The number of amides is 1. The molecule has 12 heavy (non-hydrogen) atoms. The lowest BCUT2D eigenvalue weighted by molar-refractivity contribution is 0.0857. The van der Waals surface area contributed by atoms with Gasteiger partial charge in [0.1, 0.15) is 0 Å². The molecule has 0 aliphatic carbocycles. The molecule has 1 rings (SSSR count). The van der Waals surface area contributed by atoms with Gasteiger partial charge in [0, 0.05) is 19.7 Å². The maximum atomic E-state index is 11.3. The first-order valence-corrected chi connectivity index (χ1v) is 3.73. The molecule has 0 radical (unpaired) electrons. The molecule has 0 aromatic heterocycles. The van der Waals surface area contributed by atoms with Gasteiger partial charge in [-0.25, -0.2) is 5.01 Å². The van der Waals surface area contributed by atoms with Crippen LogP contribution in [-0.2, 0) is 0 Å². The van der Waals surface area contributed by atoms with Gasteiger partial charge < -0.3 is 0 Å². The van der Waals surface area contributed by atoms with Crippen LogP contribution in [0.4, 0.5) is 0 Å². The third-order valence-corrected chi connectivity index (χ3v) is 1.36. The summed E-state index contributed by atoms with van der Waals surface area (Å²) in [6.45, 7) is 0. The summed E-state index contributed by atoms with van der Waals surface area (Å²) in [4.78, 5) is 11.3. The Hall–Kier alpha value is -1.35. The van der Waals surface area contributed by atoms with E-state index in [1.165, 1.54) is 0 Å². The lowest BCUT2D eigenvalue weighted by Gasteiger charge is -2.11. The Kier molecular flexibility index (Phi) is 2.82. The van der Waals surface area contributed by atoms with Gasteiger partial charge in [-0.3, -0.25) is 10.2 Å². The zero-order valence-electron chi connectivity index (χ0n) is 7.24. The Balaban J connectivity index is 2.66. The number of hydrogen-bond donors (Lipinski definition) is 1. The van der Waals surface area contributed by atoms with Crippen LogP contribution in [0.15, 0.2) is 30.3 Å². The number of hydrazine groups is 1. The predicted molar refractivity (Wildman–Crippen MR) is 47.6 cm³/mol. The van der Waals surface area contributed by atoms with Crippen molar-refractivity contribution in [2.75, 3.05) is 14.1 Å². The van der Waals surface area contributed by atoms with Crippen molar-refractivity contribution in [3.05, 3.63) is 35.9 Å². The number of nitrogens with zero attached hydrogens (tertiary/aromatic N) is 1. The summed E-state index contributed by atoms with van der Waals surface area (Å²) >= 11 is 0. The van der Waals surface area contributed by atoms with Gasteiger partial charge in [-0.2, -0.15) is 0 Å². The summed E-state index contributed by atoms with van der Waals surface area (Å²) in [7, 11) is 3.56. The standard InChI is InChI=1S/C9H12N2O/c1-11(2)10-9(12)8-6-4-3-5-7-8/h3-7H,1-2H3,(H,10,12). The van der Waals surface area contributed by atoms with Crippen LogP contribution in [0.5, 0.6) is 0 Å². The van der Waals surface area contributed by atoms with E-state index in [0.717, 1.165) is 0 Å². The molecule has 0 aliphatic rings. The quantitative estimate of drug-likeness (QED) is 0.658. The molecule has 0 spiro atoms. The van der Waals surface area contributed by atoms with Crippen molar-refractivity contribution in [3.8, 4) is 0 Å². The third-order valence-electron chi connectivity index (χ3n) is 1.36. The molecule has 0 saturated carbocycles. The molecule has 0 aliphatic heterocycles. The SMILES string of the molecule is CN(C)NC(=O)c1ccccc1. The first-order valence-electron chi connectivity index (χ1n) is 3.73. The second kappa shape index (κ2) is 3.88. The number of hydrogen-bond acceptors (Lipinski definition) is 2. The predicted octanol–water partition coefficient (Wildman–Crippen LogP) is 0.893. The number of benzene rings is 1. The summed E-state index contributed by atoms with van der Waals surface area (Å²) < 4.78 is 0. The number of carbonyl (C=O) groups excluding carboxylic acids is 1. The molecule has 0 atom stereocenters. The largest absolute Gasteiger partial charge is 0.285 e. The molecule has 0 unspecified atom stereocenters. The molecule has 0 bridgehead atoms. The lowest BCUT2D eigenvalue weighted by Crippen LogP contribution is -2.36. The van der Waals surface area contributed by atoms with Crippen LogP contribution in [0.2, 0.25) is 0 Å². The van der Waals surface area contributed by atoms with Crippen molar-refractivity contribution >= 4 is 5.91 Å². The normalized spacial score (nSPS) is 9.92. The molecule has 1 amide bonds. The van der Waals surface area contributed by atoms with Gasteiger partial charge in [-0.05, 0) is 12.1 Å². The monoisotopic (exact) mass is 164 g/mol. The molecule has 0 saturated heterocycles. The van der Waals surface area contributed by atoms with Gasteiger partial charge in [0.2, 0.25) is 0 Å². The lowest BCUT2D eigenvalue weighted by atomic mass is 10.2. The fourth-order valence-electron chi connectivity index (χ4n) is 0.857. The summed E-state index contributed by atoms with van der Waals surface area (Å²) in [5.41, 5.74) is 3.33. The van der Waals surface area contributed by atoms with Crippen LogP contribution in [0, 0.1) is 0 Å². The van der Waals surface area contributed by atoms with Gasteiger partial charge in [0.05, 0.1) is 0 Å². The van der Waals surface area contributed by atoms with Crippen LogP contribution < -0.4 is 5.43 Å². The van der Waals surface area contributed by atoms with Crippen LogP contribution >= 0.6 is 0 Å². The summed E-state index contributed by atoms with van der Waals surface area (Å²) in [5, 5.41) is 1.62. The Morgan fingerprint density at radius 3 is 2.33 bits per heavy atom. The average molecular weight is 164 g/mol. The molecule has 1 N–H and O–H groups in total. The highest BCUT2D eigenvalue weighted by atomic mass is 16.2.